The Morgan fingerprint density at radius 3 is 2.50 bits per heavy atom. The van der Waals surface area contributed by atoms with E-state index in [1.165, 1.54) is 0 Å². The molecule has 2 heterocycles. The van der Waals surface area contributed by atoms with Crippen molar-refractivity contribution in [2.24, 2.45) is 0 Å². The minimum Gasteiger partial charge on any atom is -0.497 e. The van der Waals surface area contributed by atoms with E-state index in [9.17, 15) is 4.79 Å². The van der Waals surface area contributed by atoms with Crippen LogP contribution in [0.5, 0.6) is 5.75 Å². The summed E-state index contributed by atoms with van der Waals surface area (Å²) in [6, 6.07) is 21.4. The Morgan fingerprint density at radius 1 is 1.06 bits per heavy atom. The maximum Gasteiger partial charge on any atom is 0.257 e. The number of benzene rings is 2. The fourth-order valence-electron chi connectivity index (χ4n) is 3.71. The monoisotopic (exact) mass is 501 g/mol. The number of carbonyl (C=O) groups is 1. The van der Waals surface area contributed by atoms with Gasteiger partial charge < -0.3 is 25.6 Å². The van der Waals surface area contributed by atoms with E-state index in [1.807, 2.05) is 68.0 Å². The summed E-state index contributed by atoms with van der Waals surface area (Å²) in [5.41, 5.74) is 9.87. The van der Waals surface area contributed by atoms with Crippen molar-refractivity contribution in [3.05, 3.63) is 89.4 Å². The smallest absolute Gasteiger partial charge is 0.257 e. The minimum absolute atomic E-state index is 0.251. The van der Waals surface area contributed by atoms with Gasteiger partial charge in [-0.2, -0.15) is 0 Å². The number of nitrogens with zero attached hydrogens (tertiary/aromatic N) is 3. The molecule has 0 spiro atoms. The maximum atomic E-state index is 13.0. The molecule has 4 rings (SSSR count). The number of aromatic nitrogens is 1. The highest BCUT2D eigenvalue weighted by molar-refractivity contribution is 7.13. The molecular weight excluding hydrogens is 470 g/mol. The number of nitrogens with two attached hydrogens (primary N) is 1. The Hall–Kier alpha value is -3.88. The molecule has 0 unspecified atom stereocenters. The molecule has 3 N–H and O–H groups in total. The standard InChI is InChI=1S/C28H31N5O2S/c1-32(2)14-15-33(19-20-6-10-23(35-3)11-7-20)27-13-9-22(18-30-27)28(34)31-25-17-21(8-12-24(25)29)26-5-4-16-36-26/h4-13,16-18H,14-15,19,29H2,1-3H3,(H,31,34). The summed E-state index contributed by atoms with van der Waals surface area (Å²) in [5.74, 6) is 1.39. The van der Waals surface area contributed by atoms with Gasteiger partial charge >= 0.3 is 0 Å². The molecule has 4 aromatic rings. The molecule has 0 bridgehead atoms. The van der Waals surface area contributed by atoms with Gasteiger partial charge in [-0.25, -0.2) is 4.98 Å². The number of hydrogen-bond donors (Lipinski definition) is 2. The number of ether oxygens (including phenoxy) is 1. The summed E-state index contributed by atoms with van der Waals surface area (Å²) in [4.78, 5) is 23.1. The second-order valence-corrected chi connectivity index (χ2v) is 9.66. The topological polar surface area (TPSA) is 83.7 Å². The van der Waals surface area contributed by atoms with Crippen LogP contribution in [-0.4, -0.2) is 50.1 Å². The number of nitrogens with one attached hydrogen (secondary N) is 1. The van der Waals surface area contributed by atoms with Gasteiger partial charge in [0.25, 0.3) is 5.91 Å². The quantitative estimate of drug-likeness (QED) is 0.290. The first kappa shape index (κ1) is 25.2. The van der Waals surface area contributed by atoms with Gasteiger partial charge in [0, 0.05) is 30.7 Å². The number of amides is 1. The third-order valence-electron chi connectivity index (χ3n) is 5.79. The average Bonchev–Trinajstić information content (AvgIpc) is 3.43. The van der Waals surface area contributed by atoms with Crippen LogP contribution >= 0.6 is 11.3 Å². The summed E-state index contributed by atoms with van der Waals surface area (Å²) >= 11 is 1.64. The van der Waals surface area contributed by atoms with E-state index >= 15 is 0 Å². The molecule has 0 aliphatic rings. The first-order chi connectivity index (χ1) is 17.4. The molecule has 1 amide bonds. The highest BCUT2D eigenvalue weighted by atomic mass is 32.1. The van der Waals surface area contributed by atoms with E-state index in [-0.39, 0.29) is 5.91 Å². The van der Waals surface area contributed by atoms with Gasteiger partial charge in [-0.05, 0) is 73.1 Å². The molecule has 2 aromatic carbocycles. The lowest BCUT2D eigenvalue weighted by molar-refractivity contribution is 0.102. The minimum atomic E-state index is -0.251. The molecule has 2 aromatic heterocycles. The molecule has 0 saturated heterocycles. The molecule has 0 saturated carbocycles. The average molecular weight is 502 g/mol. The second-order valence-electron chi connectivity index (χ2n) is 8.71. The van der Waals surface area contributed by atoms with Crippen molar-refractivity contribution in [3.8, 4) is 16.2 Å². The van der Waals surface area contributed by atoms with Crippen LogP contribution in [0.15, 0.2) is 78.3 Å². The Labute approximate surface area is 216 Å². The molecular formula is C28H31N5O2S. The van der Waals surface area contributed by atoms with E-state index in [0.717, 1.165) is 40.7 Å². The van der Waals surface area contributed by atoms with Crippen LogP contribution < -0.4 is 20.7 Å². The summed E-state index contributed by atoms with van der Waals surface area (Å²) in [6.45, 7) is 2.37. The van der Waals surface area contributed by atoms with Gasteiger partial charge in [0.2, 0.25) is 0 Å². The fourth-order valence-corrected chi connectivity index (χ4v) is 4.43. The molecule has 0 aliphatic heterocycles. The van der Waals surface area contributed by atoms with Gasteiger partial charge in [0.1, 0.15) is 11.6 Å². The Morgan fingerprint density at radius 2 is 1.86 bits per heavy atom. The second kappa shape index (κ2) is 11.7. The number of pyridine rings is 1. The predicted octanol–water partition coefficient (Wildman–Crippen LogP) is 5.22. The molecule has 0 radical (unpaired) electrons. The lowest BCUT2D eigenvalue weighted by Gasteiger charge is -2.25. The van der Waals surface area contributed by atoms with Crippen LogP contribution in [0, 0.1) is 0 Å². The third kappa shape index (κ3) is 6.41. The van der Waals surface area contributed by atoms with E-state index in [2.05, 4.69) is 32.2 Å². The van der Waals surface area contributed by atoms with Crippen LogP contribution in [0.25, 0.3) is 10.4 Å². The number of hydrogen-bond acceptors (Lipinski definition) is 7. The molecule has 0 aliphatic carbocycles. The van der Waals surface area contributed by atoms with Crippen molar-refractivity contribution >= 4 is 34.4 Å². The predicted molar refractivity (Wildman–Crippen MR) is 149 cm³/mol. The molecule has 0 atom stereocenters. The Bertz CT molecular complexity index is 1270. The number of rotatable bonds is 10. The first-order valence-electron chi connectivity index (χ1n) is 11.7. The molecule has 7 nitrogen and oxygen atoms in total. The van der Waals surface area contributed by atoms with E-state index < -0.39 is 0 Å². The van der Waals surface area contributed by atoms with Crippen LogP contribution in [-0.2, 0) is 6.54 Å². The lowest BCUT2D eigenvalue weighted by atomic mass is 10.1. The van der Waals surface area contributed by atoms with Crippen molar-refractivity contribution in [3.63, 3.8) is 0 Å². The fraction of sp³-hybridized carbons (Fsp3) is 0.214. The van der Waals surface area contributed by atoms with Gasteiger partial charge in [-0.3, -0.25) is 4.79 Å². The van der Waals surface area contributed by atoms with E-state index in [4.69, 9.17) is 10.5 Å². The van der Waals surface area contributed by atoms with Crippen LogP contribution in [0.4, 0.5) is 17.2 Å². The zero-order valence-corrected chi connectivity index (χ0v) is 21.6. The highest BCUT2D eigenvalue weighted by Gasteiger charge is 2.14. The van der Waals surface area contributed by atoms with E-state index in [0.29, 0.717) is 23.5 Å². The number of carbonyl (C=O) groups excluding carboxylic acids is 1. The number of likely N-dealkylation sites (N-methyl/N-ethyl adjacent to an activating group) is 1. The van der Waals surface area contributed by atoms with Crippen molar-refractivity contribution in [2.45, 2.75) is 6.54 Å². The third-order valence-corrected chi connectivity index (χ3v) is 6.71. The summed E-state index contributed by atoms with van der Waals surface area (Å²) in [5, 5.41) is 4.96. The molecule has 186 valence electrons. The van der Waals surface area contributed by atoms with Crippen molar-refractivity contribution in [2.75, 3.05) is 50.2 Å². The van der Waals surface area contributed by atoms with Crippen LogP contribution in [0.2, 0.25) is 0 Å². The largest absolute Gasteiger partial charge is 0.497 e. The number of thiophene rings is 1. The van der Waals surface area contributed by atoms with Crippen molar-refractivity contribution < 1.29 is 9.53 Å². The van der Waals surface area contributed by atoms with Gasteiger partial charge in [-0.1, -0.05) is 24.3 Å². The van der Waals surface area contributed by atoms with Crippen LogP contribution in [0.3, 0.4) is 0 Å². The van der Waals surface area contributed by atoms with Crippen LogP contribution in [0.1, 0.15) is 15.9 Å². The van der Waals surface area contributed by atoms with Gasteiger partial charge in [0.05, 0.1) is 24.0 Å². The Kier molecular flexibility index (Phi) is 8.20. The van der Waals surface area contributed by atoms with Crippen molar-refractivity contribution in [1.29, 1.82) is 0 Å². The van der Waals surface area contributed by atoms with Gasteiger partial charge in [-0.15, -0.1) is 11.3 Å². The highest BCUT2D eigenvalue weighted by Crippen LogP contribution is 2.30. The first-order valence-corrected chi connectivity index (χ1v) is 12.5. The zero-order chi connectivity index (χ0) is 25.5. The van der Waals surface area contributed by atoms with Crippen molar-refractivity contribution in [1.82, 2.24) is 9.88 Å². The van der Waals surface area contributed by atoms with E-state index in [1.54, 1.807) is 30.7 Å². The number of nitrogen functional groups attached to an aromatic ring is 1. The number of anilines is 3. The normalized spacial score (nSPS) is 10.9. The molecule has 36 heavy (non-hydrogen) atoms. The summed E-state index contributed by atoms with van der Waals surface area (Å²) in [6.07, 6.45) is 1.61. The SMILES string of the molecule is COc1ccc(CN(CCN(C)C)c2ccc(C(=O)Nc3cc(-c4cccs4)ccc3N)cn2)cc1. The van der Waals surface area contributed by atoms with Gasteiger partial charge in [0.15, 0.2) is 0 Å². The summed E-state index contributed by atoms with van der Waals surface area (Å²) in [7, 11) is 5.76. The number of methoxy groups -OCH3 is 1. The lowest BCUT2D eigenvalue weighted by Crippen LogP contribution is -2.32. The Balaban J connectivity index is 1.49. The molecule has 8 heteroatoms. The molecule has 0 fully saturated rings. The maximum absolute atomic E-state index is 13.0. The zero-order valence-electron chi connectivity index (χ0n) is 20.8. The summed E-state index contributed by atoms with van der Waals surface area (Å²) < 4.78 is 5.27.